The van der Waals surface area contributed by atoms with E-state index in [1.165, 1.54) is 87.6 Å². The summed E-state index contributed by atoms with van der Waals surface area (Å²) in [5.41, 5.74) is 1.42. The molecule has 6 nitrogen and oxygen atoms in total. The van der Waals surface area contributed by atoms with E-state index in [-0.39, 0.29) is 5.41 Å². The van der Waals surface area contributed by atoms with Crippen LogP contribution >= 0.6 is 0 Å². The van der Waals surface area contributed by atoms with E-state index in [2.05, 4.69) is 48.5 Å². The van der Waals surface area contributed by atoms with Gasteiger partial charge in [0.05, 0.1) is 26.2 Å². The Balaban J connectivity index is 0. The summed E-state index contributed by atoms with van der Waals surface area (Å²) < 4.78 is 33.0. The molecule has 1 rings (SSSR count). The molecule has 0 radical (unpaired) electrons. The van der Waals surface area contributed by atoms with Gasteiger partial charge in [0.15, 0.2) is 0 Å². The molecule has 0 saturated carbocycles. The zero-order valence-corrected chi connectivity index (χ0v) is 23.1. The molecule has 7 heteroatoms. The molecule has 33 heavy (non-hydrogen) atoms. The number of nitrogens with zero attached hydrogens (tertiary/aromatic N) is 1. The number of aromatic hydroxyl groups is 1. The van der Waals surface area contributed by atoms with Gasteiger partial charge >= 0.3 is 10.4 Å². The van der Waals surface area contributed by atoms with E-state index in [4.69, 9.17) is 22.6 Å². The van der Waals surface area contributed by atoms with Crippen LogP contribution in [0.3, 0.4) is 0 Å². The summed E-state index contributed by atoms with van der Waals surface area (Å²) in [6, 6.07) is 7.35. The summed E-state index contributed by atoms with van der Waals surface area (Å²) in [7, 11) is -4.67. The summed E-state index contributed by atoms with van der Waals surface area (Å²) in [6.07, 6.45) is 11.1. The van der Waals surface area contributed by atoms with Crippen LogP contribution < -0.4 is 0 Å². The number of hydrogen-bond donors (Lipinski definition) is 3. The third-order valence-corrected chi connectivity index (χ3v) is 5.68. The Kier molecular flexibility index (Phi) is 18.8. The van der Waals surface area contributed by atoms with Crippen LogP contribution in [-0.4, -0.2) is 53.3 Å². The molecule has 0 aliphatic rings. The molecule has 0 saturated heterocycles. The fraction of sp³-hybridized carbons (Fsp3) is 0.769. The number of benzene rings is 1. The average Bonchev–Trinajstić information content (AvgIpc) is 2.72. The maximum Gasteiger partial charge on any atom is 0.394 e. The maximum atomic E-state index is 9.02. The maximum absolute atomic E-state index is 9.02. The lowest BCUT2D eigenvalue weighted by atomic mass is 9.87. The van der Waals surface area contributed by atoms with Crippen LogP contribution in [0.5, 0.6) is 5.75 Å². The highest BCUT2D eigenvalue weighted by atomic mass is 32.3. The zero-order valence-electron chi connectivity index (χ0n) is 22.3. The molecule has 196 valence electrons. The SMILES string of the molecule is CC(C)(C)c1ccc(O)cc1.CCCC[N+](CCCC)(CCCC)CCCC.O=S(=O)(O)O. The van der Waals surface area contributed by atoms with E-state index in [1.54, 1.807) is 12.1 Å². The number of quaternary nitrogens is 1. The first kappa shape index (κ1) is 34.0. The third-order valence-electron chi connectivity index (χ3n) is 5.68. The lowest BCUT2D eigenvalue weighted by molar-refractivity contribution is -0.929. The van der Waals surface area contributed by atoms with Crippen LogP contribution in [0.15, 0.2) is 24.3 Å². The highest BCUT2D eigenvalue weighted by Gasteiger charge is 2.24. The van der Waals surface area contributed by atoms with Crippen LogP contribution in [0.25, 0.3) is 0 Å². The normalized spacial score (nSPS) is 11.8. The summed E-state index contributed by atoms with van der Waals surface area (Å²) >= 11 is 0. The zero-order chi connectivity index (χ0) is 26.0. The van der Waals surface area contributed by atoms with E-state index >= 15 is 0 Å². The minimum Gasteiger partial charge on any atom is -0.508 e. The number of rotatable bonds is 12. The molecule has 0 fully saturated rings. The topological polar surface area (TPSA) is 94.8 Å². The number of unbranched alkanes of at least 4 members (excludes halogenated alkanes) is 4. The molecule has 1 aromatic rings. The monoisotopic (exact) mass is 490 g/mol. The second-order valence-electron chi connectivity index (χ2n) is 9.89. The highest BCUT2D eigenvalue weighted by molar-refractivity contribution is 7.79. The van der Waals surface area contributed by atoms with Gasteiger partial charge in [-0.3, -0.25) is 9.11 Å². The van der Waals surface area contributed by atoms with Crippen LogP contribution in [0.1, 0.15) is 105 Å². The lowest BCUT2D eigenvalue weighted by Gasteiger charge is -2.39. The molecule has 1 aromatic carbocycles. The van der Waals surface area contributed by atoms with Gasteiger partial charge in [-0.25, -0.2) is 0 Å². The van der Waals surface area contributed by atoms with Crippen molar-refractivity contribution in [2.45, 2.75) is 105 Å². The van der Waals surface area contributed by atoms with Crippen molar-refractivity contribution in [3.05, 3.63) is 29.8 Å². The van der Waals surface area contributed by atoms with E-state index in [0.29, 0.717) is 5.75 Å². The molecule has 0 aliphatic heterocycles. The van der Waals surface area contributed by atoms with E-state index in [0.717, 1.165) is 0 Å². The van der Waals surface area contributed by atoms with Gasteiger partial charge in [-0.2, -0.15) is 8.42 Å². The van der Waals surface area contributed by atoms with Gasteiger partial charge in [0.2, 0.25) is 0 Å². The third kappa shape index (κ3) is 21.1. The lowest BCUT2D eigenvalue weighted by Crippen LogP contribution is -2.50. The molecule has 0 unspecified atom stereocenters. The van der Waals surface area contributed by atoms with Gasteiger partial charge in [-0.1, -0.05) is 86.3 Å². The predicted octanol–water partition coefficient (Wildman–Crippen LogP) is 7.04. The standard InChI is InChI=1S/C16H36N.C10H14O.H2O4S/c1-5-9-13-17(14-10-6-2,15-11-7-3)16-12-8-4;1-10(2,3)8-4-6-9(11)7-5-8;1-5(2,3)4/h5-16H2,1-4H3;4-7,11H,1-3H3;(H2,1,2,3,4)/q+1;;. The smallest absolute Gasteiger partial charge is 0.394 e. The molecule has 0 aromatic heterocycles. The Morgan fingerprint density at radius 3 is 1.18 bits per heavy atom. The Labute approximate surface area is 204 Å². The van der Waals surface area contributed by atoms with Gasteiger partial charge in [0, 0.05) is 0 Å². The molecule has 0 aliphatic carbocycles. The summed E-state index contributed by atoms with van der Waals surface area (Å²) in [4.78, 5) is 0. The predicted molar refractivity (Wildman–Crippen MR) is 140 cm³/mol. The van der Waals surface area contributed by atoms with Gasteiger partial charge in [0.1, 0.15) is 5.75 Å². The minimum atomic E-state index is -4.67. The molecule has 0 atom stereocenters. The fourth-order valence-corrected chi connectivity index (χ4v) is 3.61. The summed E-state index contributed by atoms with van der Waals surface area (Å²) in [5.74, 6) is 0.331. The first-order valence-electron chi connectivity index (χ1n) is 12.6. The molecule has 0 spiro atoms. The van der Waals surface area contributed by atoms with Crippen molar-refractivity contribution < 1.29 is 27.1 Å². The van der Waals surface area contributed by atoms with Crippen LogP contribution in [0.4, 0.5) is 0 Å². The first-order chi connectivity index (χ1) is 15.2. The van der Waals surface area contributed by atoms with Crippen molar-refractivity contribution in [2.24, 2.45) is 0 Å². The van der Waals surface area contributed by atoms with Crippen molar-refractivity contribution in [3.63, 3.8) is 0 Å². The van der Waals surface area contributed by atoms with Gasteiger partial charge in [-0.05, 0) is 48.8 Å². The molecular formula is C26H52NO5S+. The summed E-state index contributed by atoms with van der Waals surface area (Å²) in [5, 5.41) is 9.02. The fourth-order valence-electron chi connectivity index (χ4n) is 3.61. The molecule has 3 N–H and O–H groups in total. The van der Waals surface area contributed by atoms with E-state index in [9.17, 15) is 0 Å². The van der Waals surface area contributed by atoms with Crippen molar-refractivity contribution >= 4 is 10.4 Å². The van der Waals surface area contributed by atoms with Crippen LogP contribution in [-0.2, 0) is 15.8 Å². The Morgan fingerprint density at radius 2 is 0.970 bits per heavy atom. The number of phenols is 1. The van der Waals surface area contributed by atoms with E-state index in [1.807, 2.05) is 12.1 Å². The minimum absolute atomic E-state index is 0.174. The quantitative estimate of drug-likeness (QED) is 0.216. The van der Waals surface area contributed by atoms with E-state index < -0.39 is 10.4 Å². The van der Waals surface area contributed by atoms with Gasteiger partial charge in [-0.15, -0.1) is 0 Å². The molecular weight excluding hydrogens is 438 g/mol. The van der Waals surface area contributed by atoms with Crippen molar-refractivity contribution in [2.75, 3.05) is 26.2 Å². The van der Waals surface area contributed by atoms with Crippen molar-refractivity contribution in [1.82, 2.24) is 0 Å². The van der Waals surface area contributed by atoms with Crippen LogP contribution in [0.2, 0.25) is 0 Å². The average molecular weight is 491 g/mol. The first-order valence-corrected chi connectivity index (χ1v) is 14.0. The largest absolute Gasteiger partial charge is 0.508 e. The van der Waals surface area contributed by atoms with Gasteiger partial charge < -0.3 is 9.59 Å². The second kappa shape index (κ2) is 18.2. The van der Waals surface area contributed by atoms with Crippen LogP contribution in [0, 0.1) is 0 Å². The van der Waals surface area contributed by atoms with Gasteiger partial charge in [0.25, 0.3) is 0 Å². The second-order valence-corrected chi connectivity index (χ2v) is 10.8. The molecule has 0 bridgehead atoms. The Hall–Kier alpha value is -1.15. The Bertz CT molecular complexity index is 636. The molecule has 0 heterocycles. The van der Waals surface area contributed by atoms with Crippen molar-refractivity contribution in [1.29, 1.82) is 0 Å². The molecule has 0 amide bonds. The Morgan fingerprint density at radius 1 is 0.697 bits per heavy atom. The number of hydrogen-bond acceptors (Lipinski definition) is 3. The summed E-state index contributed by atoms with van der Waals surface area (Å²) in [6.45, 7) is 21.5. The highest BCUT2D eigenvalue weighted by Crippen LogP contribution is 2.23. The van der Waals surface area contributed by atoms with Crippen molar-refractivity contribution in [3.8, 4) is 5.75 Å². The number of phenolic OH excluding ortho intramolecular Hbond substituents is 1.